The van der Waals surface area contributed by atoms with E-state index in [1.54, 1.807) is 13.3 Å². The van der Waals surface area contributed by atoms with Crippen molar-refractivity contribution in [2.45, 2.75) is 20.1 Å². The molecule has 0 fully saturated rings. The quantitative estimate of drug-likeness (QED) is 0.204. The Morgan fingerprint density at radius 3 is 2.44 bits per heavy atom. The third-order valence-corrected chi connectivity index (χ3v) is 6.17. The van der Waals surface area contributed by atoms with Gasteiger partial charge in [-0.3, -0.25) is 0 Å². The van der Waals surface area contributed by atoms with Crippen molar-refractivity contribution in [1.82, 2.24) is 29.3 Å². The Morgan fingerprint density at radius 1 is 0.878 bits per heavy atom. The summed E-state index contributed by atoms with van der Waals surface area (Å²) in [6, 6.07) is 27.3. The SMILES string of the molecule is CCOC(=O)c1cnn(-c2nc(OCc3ccccc3)c3ncn(Cc4cccc(Oc5ccccc5)c4)c3n2)c1. The van der Waals surface area contributed by atoms with Gasteiger partial charge >= 0.3 is 5.97 Å². The lowest BCUT2D eigenvalue weighted by atomic mass is 10.2. The number of rotatable bonds is 10. The molecule has 6 aromatic rings. The van der Waals surface area contributed by atoms with Crippen LogP contribution in [0.4, 0.5) is 0 Å². The van der Waals surface area contributed by atoms with E-state index in [9.17, 15) is 4.79 Å². The van der Waals surface area contributed by atoms with Gasteiger partial charge in [-0.15, -0.1) is 0 Å². The zero-order valence-electron chi connectivity index (χ0n) is 22.3. The summed E-state index contributed by atoms with van der Waals surface area (Å²) in [7, 11) is 0. The lowest BCUT2D eigenvalue weighted by molar-refractivity contribution is 0.0526. The maximum absolute atomic E-state index is 12.2. The number of imidazole rings is 1. The summed E-state index contributed by atoms with van der Waals surface area (Å²) in [5.41, 5.74) is 3.35. The first-order valence-electron chi connectivity index (χ1n) is 13.1. The van der Waals surface area contributed by atoms with E-state index in [1.165, 1.54) is 17.1 Å². The van der Waals surface area contributed by atoms with E-state index < -0.39 is 5.97 Å². The minimum atomic E-state index is -0.469. The Kier molecular flexibility index (Phi) is 7.35. The number of nitrogens with zero attached hydrogens (tertiary/aromatic N) is 6. The highest BCUT2D eigenvalue weighted by Gasteiger charge is 2.18. The van der Waals surface area contributed by atoms with Crippen molar-refractivity contribution in [3.05, 3.63) is 120 Å². The summed E-state index contributed by atoms with van der Waals surface area (Å²) in [5, 5.41) is 4.29. The maximum Gasteiger partial charge on any atom is 0.341 e. The van der Waals surface area contributed by atoms with Crippen molar-refractivity contribution in [2.75, 3.05) is 6.61 Å². The molecule has 3 aromatic heterocycles. The Hall–Kier alpha value is -5.51. The largest absolute Gasteiger partial charge is 0.471 e. The Bertz CT molecular complexity index is 1780. The van der Waals surface area contributed by atoms with Crippen molar-refractivity contribution in [2.24, 2.45) is 0 Å². The molecule has 0 saturated heterocycles. The molecule has 3 heterocycles. The predicted octanol–water partition coefficient (Wildman–Crippen LogP) is 5.61. The van der Waals surface area contributed by atoms with Gasteiger partial charge in [-0.1, -0.05) is 60.7 Å². The molecule has 0 atom stereocenters. The summed E-state index contributed by atoms with van der Waals surface area (Å²) >= 11 is 0. The average Bonchev–Trinajstić information content (AvgIpc) is 3.66. The maximum atomic E-state index is 12.2. The number of ether oxygens (including phenoxy) is 3. The summed E-state index contributed by atoms with van der Waals surface area (Å²) in [6.45, 7) is 2.79. The number of para-hydroxylation sites is 1. The Balaban J connectivity index is 1.34. The molecule has 10 nitrogen and oxygen atoms in total. The van der Waals surface area contributed by atoms with Crippen LogP contribution < -0.4 is 9.47 Å². The van der Waals surface area contributed by atoms with E-state index in [2.05, 4.69) is 15.1 Å². The Labute approximate surface area is 235 Å². The molecule has 0 spiro atoms. The summed E-state index contributed by atoms with van der Waals surface area (Å²) in [6.07, 6.45) is 4.66. The van der Waals surface area contributed by atoms with Gasteiger partial charge in [0.25, 0.3) is 5.95 Å². The first-order valence-corrected chi connectivity index (χ1v) is 13.1. The zero-order chi connectivity index (χ0) is 28.0. The molecular formula is C31H26N6O4. The molecule has 0 radical (unpaired) electrons. The van der Waals surface area contributed by atoms with E-state index in [1.807, 2.05) is 89.5 Å². The molecule has 0 saturated carbocycles. The van der Waals surface area contributed by atoms with Crippen LogP contribution in [0.2, 0.25) is 0 Å². The fraction of sp³-hybridized carbons (Fsp3) is 0.129. The number of carbonyl (C=O) groups is 1. The number of fused-ring (bicyclic) bond motifs is 1. The first-order chi connectivity index (χ1) is 20.2. The van der Waals surface area contributed by atoms with Gasteiger partial charge in [-0.25, -0.2) is 14.5 Å². The molecule has 0 bridgehead atoms. The highest BCUT2D eigenvalue weighted by molar-refractivity contribution is 5.88. The molecule has 3 aromatic carbocycles. The second-order valence-electron chi connectivity index (χ2n) is 9.10. The van der Waals surface area contributed by atoms with Crippen LogP contribution in [0.5, 0.6) is 17.4 Å². The van der Waals surface area contributed by atoms with Gasteiger partial charge < -0.3 is 18.8 Å². The Morgan fingerprint density at radius 2 is 1.63 bits per heavy atom. The lowest BCUT2D eigenvalue weighted by Crippen LogP contribution is -2.08. The fourth-order valence-electron chi connectivity index (χ4n) is 4.23. The van der Waals surface area contributed by atoms with Crippen molar-refractivity contribution < 1.29 is 19.0 Å². The van der Waals surface area contributed by atoms with Crippen LogP contribution in [0.3, 0.4) is 0 Å². The number of hydrogen-bond donors (Lipinski definition) is 0. The molecule has 0 N–H and O–H groups in total. The molecule has 10 heteroatoms. The number of aromatic nitrogens is 6. The monoisotopic (exact) mass is 546 g/mol. The number of esters is 1. The van der Waals surface area contributed by atoms with Gasteiger partial charge in [0, 0.05) is 6.20 Å². The molecular weight excluding hydrogens is 520 g/mol. The normalized spacial score (nSPS) is 11.0. The van der Waals surface area contributed by atoms with Crippen molar-refractivity contribution in [3.8, 4) is 23.3 Å². The fourth-order valence-corrected chi connectivity index (χ4v) is 4.23. The van der Waals surface area contributed by atoms with Gasteiger partial charge in [0.1, 0.15) is 18.1 Å². The van der Waals surface area contributed by atoms with E-state index >= 15 is 0 Å². The van der Waals surface area contributed by atoms with Gasteiger partial charge in [0.2, 0.25) is 5.88 Å². The van der Waals surface area contributed by atoms with Crippen LogP contribution in [-0.4, -0.2) is 41.9 Å². The minimum absolute atomic E-state index is 0.235. The molecule has 0 amide bonds. The molecule has 6 rings (SSSR count). The van der Waals surface area contributed by atoms with Crippen LogP contribution in [0.25, 0.3) is 17.1 Å². The second kappa shape index (κ2) is 11.7. The van der Waals surface area contributed by atoms with Gasteiger partial charge in [-0.05, 0) is 42.3 Å². The molecule has 0 aliphatic rings. The third kappa shape index (κ3) is 5.91. The minimum Gasteiger partial charge on any atom is -0.471 e. The highest BCUT2D eigenvalue weighted by atomic mass is 16.5. The standard InChI is InChI=1S/C31H26N6O4/c1-2-39-30(38)24-17-33-37(19-24)31-34-28-27(29(35-31)40-20-22-10-5-3-6-11-22)32-21-36(28)18-23-12-9-15-26(16-23)41-25-13-7-4-8-14-25/h3-17,19,21H,2,18,20H2,1H3. The van der Waals surface area contributed by atoms with Crippen molar-refractivity contribution in [3.63, 3.8) is 0 Å². The van der Waals surface area contributed by atoms with Gasteiger partial charge in [0.05, 0.1) is 31.2 Å². The molecule has 204 valence electrons. The third-order valence-electron chi connectivity index (χ3n) is 6.17. The van der Waals surface area contributed by atoms with E-state index in [0.29, 0.717) is 35.8 Å². The number of benzene rings is 3. The van der Waals surface area contributed by atoms with Crippen LogP contribution >= 0.6 is 0 Å². The molecule has 41 heavy (non-hydrogen) atoms. The van der Waals surface area contributed by atoms with Crippen LogP contribution in [0, 0.1) is 0 Å². The molecule has 0 aliphatic carbocycles. The van der Waals surface area contributed by atoms with Gasteiger partial charge in [-0.2, -0.15) is 15.1 Å². The van der Waals surface area contributed by atoms with Crippen LogP contribution in [0.15, 0.2) is 104 Å². The summed E-state index contributed by atoms with van der Waals surface area (Å²) in [4.78, 5) is 26.2. The van der Waals surface area contributed by atoms with Crippen molar-refractivity contribution >= 4 is 17.1 Å². The average molecular weight is 547 g/mol. The van der Waals surface area contributed by atoms with E-state index in [-0.39, 0.29) is 12.6 Å². The van der Waals surface area contributed by atoms with Crippen LogP contribution in [-0.2, 0) is 17.9 Å². The second-order valence-corrected chi connectivity index (χ2v) is 9.10. The van der Waals surface area contributed by atoms with Crippen LogP contribution in [0.1, 0.15) is 28.4 Å². The highest BCUT2D eigenvalue weighted by Crippen LogP contribution is 2.26. The van der Waals surface area contributed by atoms with E-state index in [4.69, 9.17) is 19.2 Å². The first kappa shape index (κ1) is 25.8. The van der Waals surface area contributed by atoms with Crippen molar-refractivity contribution in [1.29, 1.82) is 0 Å². The number of hydrogen-bond acceptors (Lipinski definition) is 8. The smallest absolute Gasteiger partial charge is 0.341 e. The zero-order valence-corrected chi connectivity index (χ0v) is 22.3. The molecule has 0 unspecified atom stereocenters. The topological polar surface area (TPSA) is 106 Å². The van der Waals surface area contributed by atoms with Gasteiger partial charge in [0.15, 0.2) is 11.2 Å². The summed E-state index contributed by atoms with van der Waals surface area (Å²) in [5.74, 6) is 1.56. The number of carbonyl (C=O) groups excluding carboxylic acids is 1. The predicted molar refractivity (Wildman–Crippen MR) is 151 cm³/mol. The molecule has 0 aliphatic heterocycles. The van der Waals surface area contributed by atoms with E-state index in [0.717, 1.165) is 22.6 Å². The lowest BCUT2D eigenvalue weighted by Gasteiger charge is -2.10. The summed E-state index contributed by atoms with van der Waals surface area (Å²) < 4.78 is 20.6.